The van der Waals surface area contributed by atoms with Crippen LogP contribution in [0, 0.1) is 5.82 Å². The maximum absolute atomic E-state index is 13.4. The molecule has 0 saturated heterocycles. The van der Waals surface area contributed by atoms with Crippen molar-refractivity contribution in [2.45, 2.75) is 33.0 Å². The highest BCUT2D eigenvalue weighted by molar-refractivity contribution is 9.11. The first-order valence-corrected chi connectivity index (χ1v) is 8.04. The summed E-state index contributed by atoms with van der Waals surface area (Å²) in [4.78, 5) is 1.13. The Hall–Kier alpha value is -0.910. The molecule has 108 valence electrons. The number of rotatable bonds is 6. The number of thiophene rings is 1. The molecule has 0 aliphatic heterocycles. The van der Waals surface area contributed by atoms with Gasteiger partial charge >= 0.3 is 0 Å². The lowest BCUT2D eigenvalue weighted by molar-refractivity contribution is 0.304. The van der Waals surface area contributed by atoms with Crippen LogP contribution in [-0.4, -0.2) is 6.04 Å². The maximum Gasteiger partial charge on any atom is 0.124 e. The summed E-state index contributed by atoms with van der Waals surface area (Å²) in [5.41, 5.74) is 0.842. The molecule has 0 aliphatic rings. The number of hydrogen-bond donors (Lipinski definition) is 1. The molecule has 1 N–H and O–H groups in total. The van der Waals surface area contributed by atoms with Crippen molar-refractivity contribution >= 4 is 27.3 Å². The molecule has 0 spiro atoms. The van der Waals surface area contributed by atoms with E-state index in [1.165, 1.54) is 12.1 Å². The topological polar surface area (TPSA) is 21.3 Å². The number of benzene rings is 1. The molecule has 1 aromatic carbocycles. The van der Waals surface area contributed by atoms with Gasteiger partial charge in [-0.15, -0.1) is 11.3 Å². The monoisotopic (exact) mass is 357 g/mol. The summed E-state index contributed by atoms with van der Waals surface area (Å²) in [5, 5.41) is 3.28. The van der Waals surface area contributed by atoms with Crippen molar-refractivity contribution in [2.75, 3.05) is 0 Å². The molecule has 1 aromatic heterocycles. The quantitative estimate of drug-likeness (QED) is 0.806. The molecular weight excluding hydrogens is 341 g/mol. The van der Waals surface area contributed by atoms with Crippen molar-refractivity contribution in [2.24, 2.45) is 0 Å². The standard InChI is InChI=1S/C15H17BrFNOS/c1-10(2)18-8-11-7-12(17)3-5-14(11)19-9-13-4-6-15(16)20-13/h3-7,10,18H,8-9H2,1-2H3. The highest BCUT2D eigenvalue weighted by atomic mass is 79.9. The lowest BCUT2D eigenvalue weighted by Gasteiger charge is -2.13. The van der Waals surface area contributed by atoms with Gasteiger partial charge in [-0.05, 0) is 46.3 Å². The van der Waals surface area contributed by atoms with Crippen LogP contribution in [0.5, 0.6) is 5.75 Å². The Morgan fingerprint density at radius 2 is 2.10 bits per heavy atom. The molecule has 0 atom stereocenters. The van der Waals surface area contributed by atoms with Crippen molar-refractivity contribution in [3.8, 4) is 5.75 Å². The zero-order valence-corrected chi connectivity index (χ0v) is 13.9. The Labute approximate surface area is 131 Å². The van der Waals surface area contributed by atoms with Gasteiger partial charge in [0.15, 0.2) is 0 Å². The van der Waals surface area contributed by atoms with Crippen LogP contribution >= 0.6 is 27.3 Å². The van der Waals surface area contributed by atoms with E-state index in [0.717, 1.165) is 20.0 Å². The van der Waals surface area contributed by atoms with Gasteiger partial charge < -0.3 is 10.1 Å². The molecule has 2 aromatic rings. The summed E-state index contributed by atoms with van der Waals surface area (Å²) in [6.45, 7) is 5.21. The van der Waals surface area contributed by atoms with Gasteiger partial charge in [0.1, 0.15) is 18.2 Å². The summed E-state index contributed by atoms with van der Waals surface area (Å²) in [6, 6.07) is 9.00. The minimum atomic E-state index is -0.239. The van der Waals surface area contributed by atoms with E-state index in [4.69, 9.17) is 4.74 Å². The minimum Gasteiger partial charge on any atom is -0.488 e. The molecule has 0 aliphatic carbocycles. The zero-order chi connectivity index (χ0) is 14.5. The summed E-state index contributed by atoms with van der Waals surface area (Å²) in [5.74, 6) is 0.487. The molecule has 5 heteroatoms. The Bertz CT molecular complexity index is 571. The van der Waals surface area contributed by atoms with Gasteiger partial charge in [0, 0.05) is 23.0 Å². The minimum absolute atomic E-state index is 0.239. The fraction of sp³-hybridized carbons (Fsp3) is 0.333. The fourth-order valence-corrected chi connectivity index (χ4v) is 3.12. The van der Waals surface area contributed by atoms with Gasteiger partial charge in [0.25, 0.3) is 0 Å². The third-order valence-corrected chi connectivity index (χ3v) is 4.32. The molecule has 20 heavy (non-hydrogen) atoms. The van der Waals surface area contributed by atoms with Crippen LogP contribution in [0.25, 0.3) is 0 Å². The highest BCUT2D eigenvalue weighted by Crippen LogP contribution is 2.25. The first kappa shape index (κ1) is 15.5. The molecule has 2 nitrogen and oxygen atoms in total. The van der Waals surface area contributed by atoms with Crippen LogP contribution in [0.1, 0.15) is 24.3 Å². The van der Waals surface area contributed by atoms with E-state index in [9.17, 15) is 4.39 Å². The second kappa shape index (κ2) is 7.20. The van der Waals surface area contributed by atoms with E-state index < -0.39 is 0 Å². The van der Waals surface area contributed by atoms with Gasteiger partial charge in [0.2, 0.25) is 0 Å². The predicted octanol–water partition coefficient (Wildman–Crippen LogP) is 4.73. The summed E-state index contributed by atoms with van der Waals surface area (Å²) in [7, 11) is 0. The fourth-order valence-electron chi connectivity index (χ4n) is 1.72. The van der Waals surface area contributed by atoms with Crippen LogP contribution < -0.4 is 10.1 Å². The van der Waals surface area contributed by atoms with E-state index in [1.54, 1.807) is 17.4 Å². The molecule has 2 rings (SSSR count). The van der Waals surface area contributed by atoms with Crippen molar-refractivity contribution < 1.29 is 9.13 Å². The SMILES string of the molecule is CC(C)NCc1cc(F)ccc1OCc1ccc(Br)s1. The maximum atomic E-state index is 13.4. The van der Waals surface area contributed by atoms with E-state index in [2.05, 4.69) is 35.1 Å². The average molecular weight is 358 g/mol. The van der Waals surface area contributed by atoms with Gasteiger partial charge in [-0.2, -0.15) is 0 Å². The molecular formula is C15H17BrFNOS. The van der Waals surface area contributed by atoms with Crippen molar-refractivity contribution in [1.29, 1.82) is 0 Å². The Kier molecular flexibility index (Phi) is 5.57. The van der Waals surface area contributed by atoms with E-state index in [0.29, 0.717) is 19.2 Å². The van der Waals surface area contributed by atoms with E-state index >= 15 is 0 Å². The number of hydrogen-bond acceptors (Lipinski definition) is 3. The van der Waals surface area contributed by atoms with Crippen molar-refractivity contribution in [1.82, 2.24) is 5.32 Å². The van der Waals surface area contributed by atoms with E-state index in [-0.39, 0.29) is 5.82 Å². The third kappa shape index (κ3) is 4.58. The number of nitrogens with one attached hydrogen (secondary N) is 1. The normalized spacial score (nSPS) is 11.1. The van der Waals surface area contributed by atoms with E-state index in [1.807, 2.05) is 12.1 Å². The smallest absolute Gasteiger partial charge is 0.124 e. The van der Waals surface area contributed by atoms with Crippen LogP contribution in [-0.2, 0) is 13.2 Å². The Balaban J connectivity index is 2.05. The largest absolute Gasteiger partial charge is 0.488 e. The second-order valence-corrected chi connectivity index (χ2v) is 7.33. The zero-order valence-electron chi connectivity index (χ0n) is 11.5. The predicted molar refractivity (Wildman–Crippen MR) is 84.7 cm³/mol. The van der Waals surface area contributed by atoms with Crippen LogP contribution in [0.15, 0.2) is 34.1 Å². The number of halogens is 2. The average Bonchev–Trinajstić information content (AvgIpc) is 2.81. The summed E-state index contributed by atoms with van der Waals surface area (Å²) in [6.07, 6.45) is 0. The Morgan fingerprint density at radius 1 is 1.30 bits per heavy atom. The van der Waals surface area contributed by atoms with Crippen LogP contribution in [0.3, 0.4) is 0 Å². The summed E-state index contributed by atoms with van der Waals surface area (Å²) < 4.78 is 20.2. The van der Waals surface area contributed by atoms with Crippen molar-refractivity contribution in [3.05, 3.63) is 50.4 Å². The Morgan fingerprint density at radius 3 is 2.75 bits per heavy atom. The summed E-state index contributed by atoms with van der Waals surface area (Å²) >= 11 is 5.06. The molecule has 0 saturated carbocycles. The lowest BCUT2D eigenvalue weighted by Crippen LogP contribution is -2.22. The highest BCUT2D eigenvalue weighted by Gasteiger charge is 2.07. The molecule has 0 fully saturated rings. The first-order chi connectivity index (χ1) is 9.54. The molecule has 0 unspecified atom stereocenters. The molecule has 1 heterocycles. The molecule has 0 amide bonds. The molecule has 0 radical (unpaired) electrons. The second-order valence-electron chi connectivity index (χ2n) is 4.78. The first-order valence-electron chi connectivity index (χ1n) is 6.43. The lowest BCUT2D eigenvalue weighted by atomic mass is 10.2. The third-order valence-electron chi connectivity index (χ3n) is 2.72. The van der Waals surface area contributed by atoms with Crippen LogP contribution in [0.2, 0.25) is 0 Å². The number of ether oxygens (including phenoxy) is 1. The van der Waals surface area contributed by atoms with Gasteiger partial charge in [-0.3, -0.25) is 0 Å². The van der Waals surface area contributed by atoms with Crippen LogP contribution in [0.4, 0.5) is 4.39 Å². The van der Waals surface area contributed by atoms with Gasteiger partial charge in [-0.1, -0.05) is 13.8 Å². The van der Waals surface area contributed by atoms with Gasteiger partial charge in [-0.25, -0.2) is 4.39 Å². The molecule has 0 bridgehead atoms. The van der Waals surface area contributed by atoms with Gasteiger partial charge in [0.05, 0.1) is 3.79 Å². The van der Waals surface area contributed by atoms with Crippen molar-refractivity contribution in [3.63, 3.8) is 0 Å².